The Balaban J connectivity index is 1.76. The monoisotopic (exact) mass is 761 g/mol. The summed E-state index contributed by atoms with van der Waals surface area (Å²) in [6, 6.07) is 8.30. The smallest absolute Gasteiger partial charge is 0.226 e. The number of hydrogen-bond acceptors (Lipinski definition) is 8. The van der Waals surface area contributed by atoms with Gasteiger partial charge in [-0.05, 0) is 88.2 Å². The molecule has 2 N–H and O–H groups in total. The molecule has 0 aliphatic carbocycles. The molecule has 1 saturated heterocycles. The Morgan fingerprint density at radius 3 is 2.21 bits per heavy atom. The van der Waals surface area contributed by atoms with Gasteiger partial charge in [0.2, 0.25) is 5.28 Å². The predicted molar refractivity (Wildman–Crippen MR) is 188 cm³/mol. The zero-order valence-electron chi connectivity index (χ0n) is 26.3. The van der Waals surface area contributed by atoms with Crippen LogP contribution in [0.15, 0.2) is 30.6 Å². The van der Waals surface area contributed by atoms with Gasteiger partial charge in [-0.15, -0.1) is 11.8 Å². The lowest BCUT2D eigenvalue weighted by molar-refractivity contribution is 0.0260. The molecule has 8 nitrogen and oxygen atoms in total. The Hall–Kier alpha value is -0.746. The molecular formula is C29H45ClIN5O3SSi2. The summed E-state index contributed by atoms with van der Waals surface area (Å²) in [5.74, 6) is 0.584. The third kappa shape index (κ3) is 7.21. The maximum atomic E-state index is 10.6. The Kier molecular flexibility index (Phi) is 10.2. The van der Waals surface area contributed by atoms with E-state index in [-0.39, 0.29) is 44.8 Å². The van der Waals surface area contributed by atoms with Crippen LogP contribution >= 0.6 is 46.0 Å². The molecule has 3 heterocycles. The van der Waals surface area contributed by atoms with Crippen molar-refractivity contribution in [3.63, 3.8) is 0 Å². The summed E-state index contributed by atoms with van der Waals surface area (Å²) in [6.45, 7) is 23.1. The molecule has 4 unspecified atom stereocenters. The van der Waals surface area contributed by atoms with Crippen molar-refractivity contribution in [2.45, 2.75) is 107 Å². The van der Waals surface area contributed by atoms with E-state index in [1.54, 1.807) is 18.1 Å². The van der Waals surface area contributed by atoms with Crippen LogP contribution in [0.5, 0.6) is 0 Å². The molecule has 0 spiro atoms. The predicted octanol–water partition coefficient (Wildman–Crippen LogP) is 8.08. The molecule has 0 bridgehead atoms. The number of nitrogens with zero attached hydrogens (tertiary/aromatic N) is 4. The first-order valence-corrected chi connectivity index (χ1v) is 22.6. The van der Waals surface area contributed by atoms with Crippen molar-refractivity contribution in [1.82, 2.24) is 19.5 Å². The van der Waals surface area contributed by atoms with Crippen LogP contribution in [0.25, 0.3) is 11.2 Å². The van der Waals surface area contributed by atoms with Gasteiger partial charge in [0.05, 0.1) is 24.3 Å². The molecule has 1 fully saturated rings. The molecule has 1 aromatic carbocycles. The van der Waals surface area contributed by atoms with Gasteiger partial charge in [0.15, 0.2) is 33.6 Å². The van der Waals surface area contributed by atoms with Crippen molar-refractivity contribution in [2.75, 3.05) is 11.9 Å². The molecule has 0 radical (unpaired) electrons. The minimum atomic E-state index is -2.24. The molecule has 42 heavy (non-hydrogen) atoms. The zero-order valence-corrected chi connectivity index (χ0v) is 32.1. The normalized spacial score (nSPS) is 22.2. The van der Waals surface area contributed by atoms with Crippen LogP contribution in [0.3, 0.4) is 0 Å². The van der Waals surface area contributed by atoms with E-state index >= 15 is 0 Å². The van der Waals surface area contributed by atoms with Gasteiger partial charge >= 0.3 is 0 Å². The summed E-state index contributed by atoms with van der Waals surface area (Å²) < 4.78 is 17.5. The maximum absolute atomic E-state index is 10.6. The molecule has 0 saturated carbocycles. The second-order valence-electron chi connectivity index (χ2n) is 14.1. The van der Waals surface area contributed by atoms with Crippen LogP contribution in [-0.2, 0) is 15.4 Å². The Morgan fingerprint density at radius 1 is 1.02 bits per heavy atom. The molecule has 4 rings (SSSR count). The minimum Gasteiger partial charge on any atom is -0.410 e. The average molecular weight is 762 g/mol. The number of aliphatic hydroxyl groups is 1. The number of anilines is 1. The fourth-order valence-electron chi connectivity index (χ4n) is 4.41. The number of rotatable bonds is 9. The van der Waals surface area contributed by atoms with Gasteiger partial charge in [-0.25, -0.2) is 4.98 Å². The quantitative estimate of drug-likeness (QED) is 0.129. The Labute approximate surface area is 275 Å². The number of benzene rings is 1. The fourth-order valence-corrected chi connectivity index (χ4v) is 9.47. The van der Waals surface area contributed by atoms with E-state index in [4.69, 9.17) is 25.4 Å². The van der Waals surface area contributed by atoms with E-state index in [1.165, 1.54) is 3.57 Å². The highest BCUT2D eigenvalue weighted by atomic mass is 127. The van der Waals surface area contributed by atoms with Crippen molar-refractivity contribution < 1.29 is 14.0 Å². The number of imidazole rings is 1. The van der Waals surface area contributed by atoms with Gasteiger partial charge in [0.25, 0.3) is 0 Å². The third-order valence-corrected chi connectivity index (χ3v) is 20.3. The second kappa shape index (κ2) is 12.6. The molecule has 13 heteroatoms. The lowest BCUT2D eigenvalue weighted by Crippen LogP contribution is -2.53. The topological polar surface area (TPSA) is 94.3 Å². The maximum Gasteiger partial charge on any atom is 0.226 e. The van der Waals surface area contributed by atoms with Crippen LogP contribution in [0.2, 0.25) is 41.5 Å². The summed E-state index contributed by atoms with van der Waals surface area (Å²) in [7, 11) is -4.43. The van der Waals surface area contributed by atoms with Crippen molar-refractivity contribution >= 4 is 79.6 Å². The lowest BCUT2D eigenvalue weighted by atomic mass is 10.1. The molecule has 4 atom stereocenters. The highest BCUT2D eigenvalue weighted by molar-refractivity contribution is 14.1. The van der Waals surface area contributed by atoms with Gasteiger partial charge in [0.1, 0.15) is 11.5 Å². The number of fused-ring (bicyclic) bond motifs is 1. The van der Waals surface area contributed by atoms with E-state index in [0.29, 0.717) is 23.5 Å². The average Bonchev–Trinajstić information content (AvgIpc) is 3.41. The van der Waals surface area contributed by atoms with Gasteiger partial charge in [0, 0.05) is 10.1 Å². The first-order valence-electron chi connectivity index (χ1n) is 14.3. The largest absolute Gasteiger partial charge is 0.410 e. The van der Waals surface area contributed by atoms with Crippen LogP contribution in [0, 0.1) is 3.57 Å². The first kappa shape index (κ1) is 34.1. The molecule has 1 aliphatic heterocycles. The standard InChI is InChI=1S/C29H45ClIN5O3SSi2/c1-28(2,3)41(7,8)38-22-20(16-37)40-26(23(22)39-42(9,10)29(4,5)6)36-17-33-21-24(34-27(30)35-25(21)36)32-15-18-12-11-13-19(31)14-18/h11-14,17,20,22-23,26,37H,15-16H2,1-10H3,(H,32,34,35). The number of halogens is 2. The first-order chi connectivity index (χ1) is 19.3. The number of aliphatic hydroxyl groups excluding tert-OH is 1. The number of thioether (sulfide) groups is 1. The molecule has 3 aromatic rings. The molecule has 0 amide bonds. The minimum absolute atomic E-state index is 0.00410. The Morgan fingerprint density at radius 2 is 1.64 bits per heavy atom. The number of hydrogen-bond donors (Lipinski definition) is 2. The van der Waals surface area contributed by atoms with Crippen LogP contribution in [-0.4, -0.2) is 65.3 Å². The van der Waals surface area contributed by atoms with Crippen molar-refractivity contribution in [3.8, 4) is 0 Å². The van der Waals surface area contributed by atoms with E-state index < -0.39 is 16.6 Å². The second-order valence-corrected chi connectivity index (χ2v) is 26.5. The number of aromatic nitrogens is 4. The summed E-state index contributed by atoms with van der Waals surface area (Å²) in [5, 5.41) is 13.8. The highest BCUT2D eigenvalue weighted by Crippen LogP contribution is 2.51. The zero-order chi connectivity index (χ0) is 31.3. The van der Waals surface area contributed by atoms with E-state index in [2.05, 4.69) is 124 Å². The van der Waals surface area contributed by atoms with Gasteiger partial charge < -0.3 is 19.3 Å². The van der Waals surface area contributed by atoms with Crippen LogP contribution in [0.4, 0.5) is 5.82 Å². The highest BCUT2D eigenvalue weighted by Gasteiger charge is 2.54. The number of nitrogens with one attached hydrogen (secondary N) is 1. The summed E-state index contributed by atoms with van der Waals surface area (Å²) in [6.07, 6.45) is 1.21. The molecular weight excluding hydrogens is 717 g/mol. The van der Waals surface area contributed by atoms with Gasteiger partial charge in [-0.3, -0.25) is 4.57 Å². The molecule has 1 aliphatic rings. The van der Waals surface area contributed by atoms with Crippen molar-refractivity contribution in [1.29, 1.82) is 0 Å². The fraction of sp³-hybridized carbons (Fsp3) is 0.621. The van der Waals surface area contributed by atoms with Gasteiger partial charge in [-0.2, -0.15) is 9.97 Å². The third-order valence-electron chi connectivity index (χ3n) is 8.96. The van der Waals surface area contributed by atoms with E-state index in [9.17, 15) is 5.11 Å². The molecule has 232 valence electrons. The summed E-state index contributed by atoms with van der Waals surface area (Å²) in [5.41, 5.74) is 2.41. The summed E-state index contributed by atoms with van der Waals surface area (Å²) >= 11 is 10.5. The molecule has 2 aromatic heterocycles. The van der Waals surface area contributed by atoms with E-state index in [0.717, 1.165) is 5.56 Å². The SMILES string of the molecule is CC(C)(C)[Si](C)(C)OC1C(CO)SC(n2cnc3c(NCc4cccc(I)c4)nc(Cl)nc32)C1O[Si](C)(C)C(C)(C)C. The van der Waals surface area contributed by atoms with Crippen LogP contribution in [0.1, 0.15) is 52.5 Å². The lowest BCUT2D eigenvalue weighted by Gasteiger charge is -2.44. The van der Waals surface area contributed by atoms with Crippen molar-refractivity contribution in [3.05, 3.63) is 45.0 Å². The summed E-state index contributed by atoms with van der Waals surface area (Å²) in [4.78, 5) is 13.9. The van der Waals surface area contributed by atoms with Crippen molar-refractivity contribution in [2.24, 2.45) is 0 Å². The Bertz CT molecular complexity index is 1410. The van der Waals surface area contributed by atoms with Crippen LogP contribution < -0.4 is 5.32 Å². The van der Waals surface area contributed by atoms with Gasteiger partial charge in [-0.1, -0.05) is 53.7 Å². The van der Waals surface area contributed by atoms with E-state index in [1.807, 2.05) is 10.6 Å².